The van der Waals surface area contributed by atoms with Crippen LogP contribution in [-0.4, -0.2) is 5.11 Å². The van der Waals surface area contributed by atoms with E-state index in [4.69, 9.17) is 4.42 Å². The van der Waals surface area contributed by atoms with E-state index in [2.05, 4.69) is 0 Å². The fourth-order valence-corrected chi connectivity index (χ4v) is 1.99. The molecule has 0 aliphatic carbocycles. The van der Waals surface area contributed by atoms with E-state index in [1.54, 1.807) is 24.3 Å². The Labute approximate surface area is 107 Å². The van der Waals surface area contributed by atoms with Crippen LogP contribution in [0.15, 0.2) is 57.7 Å². The molecule has 0 spiro atoms. The van der Waals surface area contributed by atoms with Crippen LogP contribution < -0.4 is 5.63 Å². The fourth-order valence-electron chi connectivity index (χ4n) is 1.99. The van der Waals surface area contributed by atoms with Gasteiger partial charge in [-0.2, -0.15) is 0 Å². The van der Waals surface area contributed by atoms with Gasteiger partial charge in [-0.05, 0) is 29.8 Å². The summed E-state index contributed by atoms with van der Waals surface area (Å²) in [6, 6.07) is 12.1. The second-order valence-electron chi connectivity index (χ2n) is 4.15. The molecule has 1 N–H and O–H groups in total. The van der Waals surface area contributed by atoms with Crippen molar-refractivity contribution in [2.45, 2.75) is 0 Å². The van der Waals surface area contributed by atoms with Crippen LogP contribution in [-0.2, 0) is 0 Å². The van der Waals surface area contributed by atoms with E-state index in [1.165, 1.54) is 24.3 Å². The van der Waals surface area contributed by atoms with Gasteiger partial charge >= 0.3 is 5.63 Å². The Balaban J connectivity index is 2.31. The Morgan fingerprint density at radius 1 is 1.05 bits per heavy atom. The third-order valence-electron chi connectivity index (χ3n) is 2.87. The Morgan fingerprint density at radius 3 is 2.63 bits per heavy atom. The number of benzene rings is 2. The van der Waals surface area contributed by atoms with Gasteiger partial charge in [0, 0.05) is 5.39 Å². The van der Waals surface area contributed by atoms with Gasteiger partial charge in [0.15, 0.2) is 11.3 Å². The normalized spacial score (nSPS) is 10.8. The zero-order chi connectivity index (χ0) is 13.4. The number of hydrogen-bond donors (Lipinski definition) is 1. The summed E-state index contributed by atoms with van der Waals surface area (Å²) in [4.78, 5) is 11.9. The largest absolute Gasteiger partial charge is 0.504 e. The Bertz CT molecular complexity index is 821. The lowest BCUT2D eigenvalue weighted by Crippen LogP contribution is -2.02. The molecular formula is C15H9FO3. The minimum Gasteiger partial charge on any atom is -0.504 e. The topological polar surface area (TPSA) is 50.4 Å². The van der Waals surface area contributed by atoms with Gasteiger partial charge in [-0.25, -0.2) is 9.18 Å². The first-order chi connectivity index (χ1) is 9.15. The van der Waals surface area contributed by atoms with Crippen LogP contribution in [0.4, 0.5) is 4.39 Å². The highest BCUT2D eigenvalue weighted by Crippen LogP contribution is 2.26. The summed E-state index contributed by atoms with van der Waals surface area (Å²) in [5.41, 5.74) is 0.226. The molecule has 0 saturated heterocycles. The average Bonchev–Trinajstić information content (AvgIpc) is 2.39. The third kappa shape index (κ3) is 1.97. The molecule has 4 heteroatoms. The minimum atomic E-state index is -0.611. The van der Waals surface area contributed by atoms with Crippen LogP contribution in [0.5, 0.6) is 5.75 Å². The van der Waals surface area contributed by atoms with E-state index >= 15 is 0 Å². The molecule has 0 fully saturated rings. The number of fused-ring (bicyclic) bond motifs is 1. The van der Waals surface area contributed by atoms with E-state index < -0.39 is 11.4 Å². The lowest BCUT2D eigenvalue weighted by molar-refractivity contribution is 0.457. The zero-order valence-corrected chi connectivity index (χ0v) is 9.76. The molecule has 1 aromatic heterocycles. The number of phenols is 1. The highest BCUT2D eigenvalue weighted by molar-refractivity contribution is 5.85. The highest BCUT2D eigenvalue weighted by atomic mass is 19.1. The first-order valence-corrected chi connectivity index (χ1v) is 5.67. The van der Waals surface area contributed by atoms with Crippen molar-refractivity contribution in [3.8, 4) is 16.9 Å². The molecule has 0 aliphatic heterocycles. The highest BCUT2D eigenvalue weighted by Gasteiger charge is 2.10. The Morgan fingerprint density at radius 2 is 1.84 bits per heavy atom. The van der Waals surface area contributed by atoms with E-state index in [0.29, 0.717) is 10.9 Å². The van der Waals surface area contributed by atoms with Gasteiger partial charge in [0.05, 0.1) is 5.56 Å². The van der Waals surface area contributed by atoms with Crippen molar-refractivity contribution in [2.24, 2.45) is 0 Å². The van der Waals surface area contributed by atoms with Crippen molar-refractivity contribution in [3.63, 3.8) is 0 Å². The summed E-state index contributed by atoms with van der Waals surface area (Å²) in [7, 11) is 0. The van der Waals surface area contributed by atoms with Crippen molar-refractivity contribution >= 4 is 11.0 Å². The predicted octanol–water partition coefficient (Wildman–Crippen LogP) is 3.30. The number of halogens is 1. The summed E-state index contributed by atoms with van der Waals surface area (Å²) >= 11 is 0. The van der Waals surface area contributed by atoms with Crippen molar-refractivity contribution in [1.82, 2.24) is 0 Å². The summed E-state index contributed by atoms with van der Waals surface area (Å²) in [6.45, 7) is 0. The van der Waals surface area contributed by atoms with Crippen molar-refractivity contribution in [2.75, 3.05) is 0 Å². The molecule has 0 bridgehead atoms. The summed E-state index contributed by atoms with van der Waals surface area (Å²) in [5, 5.41) is 10.2. The van der Waals surface area contributed by atoms with E-state index in [9.17, 15) is 14.3 Å². The standard InChI is InChI=1S/C15H9FO3/c16-11-5-1-3-9(7-11)12-8-10-4-2-6-13(17)14(10)19-15(12)18/h1-8,17H. The zero-order valence-electron chi connectivity index (χ0n) is 9.76. The van der Waals surface area contributed by atoms with Gasteiger partial charge in [-0.3, -0.25) is 0 Å². The summed E-state index contributed by atoms with van der Waals surface area (Å²) < 4.78 is 18.3. The number of phenolic OH excluding ortho intramolecular Hbond substituents is 1. The summed E-state index contributed by atoms with van der Waals surface area (Å²) in [6.07, 6.45) is 0. The molecule has 94 valence electrons. The SMILES string of the molecule is O=c1oc2c(O)cccc2cc1-c1cccc(F)c1. The maximum Gasteiger partial charge on any atom is 0.344 e. The molecule has 0 atom stereocenters. The Hall–Kier alpha value is -2.62. The van der Waals surface area contributed by atoms with E-state index in [0.717, 1.165) is 0 Å². The first kappa shape index (κ1) is 11.5. The third-order valence-corrected chi connectivity index (χ3v) is 2.87. The molecule has 2 aromatic carbocycles. The van der Waals surface area contributed by atoms with Crippen LogP contribution in [0.25, 0.3) is 22.1 Å². The summed E-state index contributed by atoms with van der Waals surface area (Å²) in [5.74, 6) is -0.520. The van der Waals surface area contributed by atoms with Crippen LogP contribution in [0.1, 0.15) is 0 Å². The van der Waals surface area contributed by atoms with Gasteiger partial charge in [0.25, 0.3) is 0 Å². The number of rotatable bonds is 1. The number of para-hydroxylation sites is 1. The maximum atomic E-state index is 13.2. The van der Waals surface area contributed by atoms with Crippen molar-refractivity contribution in [3.05, 3.63) is 64.8 Å². The van der Waals surface area contributed by atoms with Crippen molar-refractivity contribution < 1.29 is 13.9 Å². The molecule has 0 aliphatic rings. The smallest absolute Gasteiger partial charge is 0.344 e. The first-order valence-electron chi connectivity index (χ1n) is 5.67. The van der Waals surface area contributed by atoms with Gasteiger partial charge in [0.2, 0.25) is 0 Å². The molecule has 0 amide bonds. The van der Waals surface area contributed by atoms with Gasteiger partial charge in [-0.15, -0.1) is 0 Å². The van der Waals surface area contributed by atoms with Crippen LogP contribution in [0.3, 0.4) is 0 Å². The Kier molecular flexibility index (Phi) is 2.56. The van der Waals surface area contributed by atoms with Gasteiger partial charge < -0.3 is 9.52 Å². The van der Waals surface area contributed by atoms with Gasteiger partial charge in [0.1, 0.15) is 5.82 Å². The molecular weight excluding hydrogens is 247 g/mol. The maximum absolute atomic E-state index is 13.2. The quantitative estimate of drug-likeness (QED) is 0.679. The minimum absolute atomic E-state index is 0.0969. The predicted molar refractivity (Wildman–Crippen MR) is 69.5 cm³/mol. The fraction of sp³-hybridized carbons (Fsp3) is 0. The molecule has 0 radical (unpaired) electrons. The molecule has 1 heterocycles. The van der Waals surface area contributed by atoms with Crippen LogP contribution in [0.2, 0.25) is 0 Å². The number of aromatic hydroxyl groups is 1. The average molecular weight is 256 g/mol. The molecule has 0 unspecified atom stereocenters. The second kappa shape index (κ2) is 4.24. The van der Waals surface area contributed by atoms with Gasteiger partial charge in [-0.1, -0.05) is 24.3 Å². The van der Waals surface area contributed by atoms with Crippen molar-refractivity contribution in [1.29, 1.82) is 0 Å². The second-order valence-corrected chi connectivity index (χ2v) is 4.15. The van der Waals surface area contributed by atoms with E-state index in [-0.39, 0.29) is 16.9 Å². The lowest BCUT2D eigenvalue weighted by Gasteiger charge is -2.03. The molecule has 0 saturated carbocycles. The lowest BCUT2D eigenvalue weighted by atomic mass is 10.1. The molecule has 19 heavy (non-hydrogen) atoms. The molecule has 3 rings (SSSR count). The van der Waals surface area contributed by atoms with Crippen LogP contribution >= 0.6 is 0 Å². The molecule has 3 aromatic rings. The monoisotopic (exact) mass is 256 g/mol. The number of hydrogen-bond acceptors (Lipinski definition) is 3. The molecule has 3 nitrogen and oxygen atoms in total. The van der Waals surface area contributed by atoms with E-state index in [1.807, 2.05) is 0 Å². The van der Waals surface area contributed by atoms with Crippen LogP contribution in [0, 0.1) is 5.82 Å².